The zero-order valence-electron chi connectivity index (χ0n) is 18.0. The Morgan fingerprint density at radius 3 is 2.76 bits per heavy atom. The number of aryl methyl sites for hydroxylation is 1. The Bertz CT molecular complexity index is 1350. The lowest BCUT2D eigenvalue weighted by Gasteiger charge is -2.21. The molecule has 4 aromatic rings. The number of hydrogen-bond donors (Lipinski definition) is 0. The van der Waals surface area contributed by atoms with E-state index in [2.05, 4.69) is 10.1 Å². The van der Waals surface area contributed by atoms with Crippen LogP contribution in [0.4, 0.5) is 5.69 Å². The van der Waals surface area contributed by atoms with Crippen molar-refractivity contribution in [1.82, 2.24) is 10.1 Å². The highest BCUT2D eigenvalue weighted by atomic mass is 35.5. The van der Waals surface area contributed by atoms with Crippen molar-refractivity contribution >= 4 is 35.0 Å². The van der Waals surface area contributed by atoms with Gasteiger partial charge in [0, 0.05) is 26.9 Å². The molecule has 1 aromatic heterocycles. The number of rotatable bonds is 5. The van der Waals surface area contributed by atoms with Gasteiger partial charge < -0.3 is 14.2 Å². The standard InChI is InChI=1S/C25H20ClN3O3S/c1-3-29-19-10-8-16(13-22(19)33-21-7-5-4-6-18(21)25(29)30)24-27-23(32-28-24)14-31-20-11-9-17(26)12-15(20)2/h4-13H,3,14H2,1-2H3. The first-order valence-corrected chi connectivity index (χ1v) is 11.7. The third-order valence-electron chi connectivity index (χ3n) is 5.36. The van der Waals surface area contributed by atoms with Gasteiger partial charge in [0.1, 0.15) is 5.75 Å². The molecule has 5 rings (SSSR count). The van der Waals surface area contributed by atoms with Crippen LogP contribution in [0.25, 0.3) is 11.4 Å². The van der Waals surface area contributed by atoms with Crippen LogP contribution >= 0.6 is 23.4 Å². The van der Waals surface area contributed by atoms with Crippen molar-refractivity contribution in [2.24, 2.45) is 0 Å². The van der Waals surface area contributed by atoms with Crippen molar-refractivity contribution in [2.45, 2.75) is 30.2 Å². The molecule has 0 N–H and O–H groups in total. The zero-order chi connectivity index (χ0) is 22.9. The second-order valence-electron chi connectivity index (χ2n) is 7.54. The predicted molar refractivity (Wildman–Crippen MR) is 128 cm³/mol. The molecule has 0 saturated heterocycles. The van der Waals surface area contributed by atoms with Gasteiger partial charge in [0.15, 0.2) is 6.61 Å². The molecular formula is C25H20ClN3O3S. The van der Waals surface area contributed by atoms with Crippen molar-refractivity contribution in [3.05, 3.63) is 82.7 Å². The van der Waals surface area contributed by atoms with E-state index in [4.69, 9.17) is 20.9 Å². The predicted octanol–water partition coefficient (Wildman–Crippen LogP) is 6.41. The highest BCUT2D eigenvalue weighted by Gasteiger charge is 2.26. The first-order chi connectivity index (χ1) is 16.0. The monoisotopic (exact) mass is 477 g/mol. The van der Waals surface area contributed by atoms with Crippen LogP contribution in [-0.2, 0) is 6.61 Å². The van der Waals surface area contributed by atoms with Gasteiger partial charge in [0.25, 0.3) is 11.8 Å². The van der Waals surface area contributed by atoms with Crippen molar-refractivity contribution in [3.8, 4) is 17.1 Å². The average Bonchev–Trinajstić information content (AvgIpc) is 3.25. The molecule has 0 radical (unpaired) electrons. The van der Waals surface area contributed by atoms with Crippen molar-refractivity contribution in [3.63, 3.8) is 0 Å². The lowest BCUT2D eigenvalue weighted by molar-refractivity contribution is 0.0985. The minimum atomic E-state index is 0.00332. The van der Waals surface area contributed by atoms with Gasteiger partial charge in [-0.25, -0.2) is 0 Å². The van der Waals surface area contributed by atoms with Gasteiger partial charge in [-0.2, -0.15) is 4.98 Å². The molecule has 0 atom stereocenters. The average molecular weight is 478 g/mol. The van der Waals surface area contributed by atoms with Crippen LogP contribution in [0.2, 0.25) is 5.02 Å². The fourth-order valence-electron chi connectivity index (χ4n) is 3.72. The zero-order valence-corrected chi connectivity index (χ0v) is 19.6. The van der Waals surface area contributed by atoms with Crippen LogP contribution < -0.4 is 9.64 Å². The van der Waals surface area contributed by atoms with Crippen molar-refractivity contribution in [2.75, 3.05) is 11.4 Å². The van der Waals surface area contributed by atoms with E-state index < -0.39 is 0 Å². The van der Waals surface area contributed by atoms with E-state index in [1.54, 1.807) is 22.7 Å². The summed E-state index contributed by atoms with van der Waals surface area (Å²) in [4.78, 5) is 21.3. The molecule has 1 aliphatic heterocycles. The minimum absolute atomic E-state index is 0.00332. The summed E-state index contributed by atoms with van der Waals surface area (Å²) < 4.78 is 11.2. The smallest absolute Gasteiger partial charge is 0.264 e. The minimum Gasteiger partial charge on any atom is -0.483 e. The van der Waals surface area contributed by atoms with Crippen LogP contribution in [0.3, 0.4) is 0 Å². The summed E-state index contributed by atoms with van der Waals surface area (Å²) in [5.41, 5.74) is 3.32. The van der Waals surface area contributed by atoms with Crippen molar-refractivity contribution < 1.29 is 14.1 Å². The lowest BCUT2D eigenvalue weighted by atomic mass is 10.1. The summed E-state index contributed by atoms with van der Waals surface area (Å²) in [5.74, 6) is 1.56. The second kappa shape index (κ2) is 8.92. The molecule has 3 aromatic carbocycles. The van der Waals surface area contributed by atoms with Gasteiger partial charge in [0.2, 0.25) is 5.82 Å². The summed E-state index contributed by atoms with van der Waals surface area (Å²) in [6, 6.07) is 18.9. The highest BCUT2D eigenvalue weighted by Crippen LogP contribution is 2.42. The molecule has 8 heteroatoms. The van der Waals surface area contributed by atoms with E-state index in [-0.39, 0.29) is 12.5 Å². The molecule has 166 valence electrons. The van der Waals surface area contributed by atoms with E-state index in [0.29, 0.717) is 34.6 Å². The van der Waals surface area contributed by atoms with Crippen LogP contribution in [0.1, 0.15) is 28.7 Å². The number of hydrogen-bond acceptors (Lipinski definition) is 6. The molecule has 0 unspecified atom stereocenters. The first kappa shape index (κ1) is 21.6. The van der Waals surface area contributed by atoms with Crippen LogP contribution in [-0.4, -0.2) is 22.6 Å². The number of fused-ring (bicyclic) bond motifs is 2. The van der Waals surface area contributed by atoms with Crippen LogP contribution in [0.5, 0.6) is 5.75 Å². The Morgan fingerprint density at radius 1 is 1.09 bits per heavy atom. The van der Waals surface area contributed by atoms with Gasteiger partial charge in [-0.3, -0.25) is 4.79 Å². The molecule has 33 heavy (non-hydrogen) atoms. The maximum absolute atomic E-state index is 13.1. The number of anilines is 1. The summed E-state index contributed by atoms with van der Waals surface area (Å²) >= 11 is 7.57. The van der Waals surface area contributed by atoms with Gasteiger partial charge >= 0.3 is 0 Å². The largest absolute Gasteiger partial charge is 0.483 e. The Hall–Kier alpha value is -3.29. The number of ether oxygens (including phenoxy) is 1. The van der Waals surface area contributed by atoms with Crippen LogP contribution in [0.15, 0.2) is 75.0 Å². The van der Waals surface area contributed by atoms with Gasteiger partial charge in [-0.05, 0) is 67.9 Å². The van der Waals surface area contributed by atoms with Gasteiger partial charge in [0.05, 0.1) is 11.3 Å². The fourth-order valence-corrected chi connectivity index (χ4v) is 5.07. The molecule has 1 amide bonds. The van der Waals surface area contributed by atoms with E-state index in [0.717, 1.165) is 26.6 Å². The third kappa shape index (κ3) is 4.21. The molecule has 0 spiro atoms. The summed E-state index contributed by atoms with van der Waals surface area (Å²) in [5, 5.41) is 4.79. The molecule has 1 aliphatic rings. The van der Waals surface area contributed by atoms with E-state index in [1.165, 1.54) is 0 Å². The Kier molecular flexibility index (Phi) is 5.83. The molecule has 2 heterocycles. The molecule has 0 aliphatic carbocycles. The quantitative estimate of drug-likeness (QED) is 0.331. The number of aromatic nitrogens is 2. The molecule has 0 saturated carbocycles. The lowest BCUT2D eigenvalue weighted by Crippen LogP contribution is -2.30. The number of halogens is 1. The summed E-state index contributed by atoms with van der Waals surface area (Å²) in [6.07, 6.45) is 0. The van der Waals surface area contributed by atoms with Gasteiger partial charge in [-0.15, -0.1) is 0 Å². The summed E-state index contributed by atoms with van der Waals surface area (Å²) in [7, 11) is 0. The number of benzene rings is 3. The van der Waals surface area contributed by atoms with E-state index >= 15 is 0 Å². The fraction of sp³-hybridized carbons (Fsp3) is 0.160. The molecule has 6 nitrogen and oxygen atoms in total. The topological polar surface area (TPSA) is 68.5 Å². The molecule has 0 fully saturated rings. The second-order valence-corrected chi connectivity index (χ2v) is 9.06. The normalized spacial score (nSPS) is 12.8. The Balaban J connectivity index is 1.41. The Morgan fingerprint density at radius 2 is 1.94 bits per heavy atom. The Labute approximate surface area is 200 Å². The van der Waals surface area contributed by atoms with E-state index in [9.17, 15) is 4.79 Å². The molecular weight excluding hydrogens is 458 g/mol. The van der Waals surface area contributed by atoms with Crippen molar-refractivity contribution in [1.29, 1.82) is 0 Å². The van der Waals surface area contributed by atoms with E-state index in [1.807, 2.05) is 68.4 Å². The number of carbonyl (C=O) groups is 1. The molecule has 0 bridgehead atoms. The summed E-state index contributed by atoms with van der Waals surface area (Å²) in [6.45, 7) is 4.63. The first-order valence-electron chi connectivity index (χ1n) is 10.5. The highest BCUT2D eigenvalue weighted by molar-refractivity contribution is 7.99. The maximum Gasteiger partial charge on any atom is 0.264 e. The van der Waals surface area contributed by atoms with Gasteiger partial charge in [-0.1, -0.05) is 40.7 Å². The SMILES string of the molecule is CCN1C(=O)c2ccccc2Sc2cc(-c3noc(COc4ccc(Cl)cc4C)n3)ccc21. The number of amides is 1. The maximum atomic E-state index is 13.1. The number of nitrogens with zero attached hydrogens (tertiary/aromatic N) is 3. The van der Waals surface area contributed by atoms with Crippen LogP contribution in [0, 0.1) is 6.92 Å². The number of carbonyl (C=O) groups excluding carboxylic acids is 1. The third-order valence-corrected chi connectivity index (χ3v) is 6.72.